The number of benzene rings is 1. The third-order valence-corrected chi connectivity index (χ3v) is 4.77. The number of likely N-dealkylation sites (tertiary alicyclic amines) is 1. The number of carbonyl (C=O) groups is 2. The first kappa shape index (κ1) is 16.0. The van der Waals surface area contributed by atoms with E-state index in [9.17, 15) is 9.59 Å². The van der Waals surface area contributed by atoms with Gasteiger partial charge in [0.25, 0.3) is 0 Å². The van der Waals surface area contributed by atoms with E-state index in [0.717, 1.165) is 31.5 Å². The number of hydrogen-bond donors (Lipinski definition) is 1. The number of aryl methyl sites for hydroxylation is 1. The third kappa shape index (κ3) is 3.72. The molecule has 0 bridgehead atoms. The average molecular weight is 315 g/mol. The summed E-state index contributed by atoms with van der Waals surface area (Å²) in [6.45, 7) is 2.10. The molecule has 23 heavy (non-hydrogen) atoms. The number of para-hydroxylation sites is 1. The summed E-state index contributed by atoms with van der Waals surface area (Å²) in [5.41, 5.74) is 8.17. The first-order valence-corrected chi connectivity index (χ1v) is 8.57. The van der Waals surface area contributed by atoms with E-state index in [2.05, 4.69) is 6.07 Å². The zero-order valence-electron chi connectivity index (χ0n) is 13.5. The topological polar surface area (TPSA) is 66.6 Å². The SMILES string of the molecule is N[C@H]1CCCN(C(=O)CCCN2C(=O)CCc3ccccc32)C1. The van der Waals surface area contributed by atoms with E-state index >= 15 is 0 Å². The lowest BCUT2D eigenvalue weighted by Gasteiger charge is -2.32. The molecule has 0 aliphatic carbocycles. The van der Waals surface area contributed by atoms with E-state index in [1.165, 1.54) is 5.56 Å². The number of nitrogens with zero attached hydrogens (tertiary/aromatic N) is 2. The van der Waals surface area contributed by atoms with Gasteiger partial charge in [0, 0.05) is 44.2 Å². The Morgan fingerprint density at radius 3 is 2.91 bits per heavy atom. The number of amides is 2. The van der Waals surface area contributed by atoms with Crippen LogP contribution in [0.5, 0.6) is 0 Å². The van der Waals surface area contributed by atoms with E-state index < -0.39 is 0 Å². The largest absolute Gasteiger partial charge is 0.341 e. The van der Waals surface area contributed by atoms with Crippen molar-refractivity contribution < 1.29 is 9.59 Å². The van der Waals surface area contributed by atoms with Gasteiger partial charge in [0.05, 0.1) is 0 Å². The molecule has 2 aliphatic rings. The number of rotatable bonds is 4. The van der Waals surface area contributed by atoms with E-state index in [1.54, 1.807) is 0 Å². The molecule has 2 amide bonds. The minimum absolute atomic E-state index is 0.114. The Bertz CT molecular complexity index is 587. The van der Waals surface area contributed by atoms with Gasteiger partial charge in [-0.3, -0.25) is 9.59 Å². The Kier molecular flexibility index (Phi) is 4.96. The molecule has 3 rings (SSSR count). The van der Waals surface area contributed by atoms with E-state index in [4.69, 9.17) is 5.73 Å². The fourth-order valence-corrected chi connectivity index (χ4v) is 3.52. The standard InChI is InChI=1S/C18H25N3O2/c19-15-6-3-11-20(13-15)17(22)8-4-12-21-16-7-2-1-5-14(16)9-10-18(21)23/h1-2,5,7,15H,3-4,6,8-13,19H2/t15-/m0/s1. The van der Waals surface area contributed by atoms with Gasteiger partial charge in [-0.15, -0.1) is 0 Å². The molecular weight excluding hydrogens is 290 g/mol. The predicted octanol–water partition coefficient (Wildman–Crippen LogP) is 1.70. The maximum Gasteiger partial charge on any atom is 0.227 e. The van der Waals surface area contributed by atoms with Crippen LogP contribution in [0.2, 0.25) is 0 Å². The van der Waals surface area contributed by atoms with Crippen LogP contribution in [0.3, 0.4) is 0 Å². The summed E-state index contributed by atoms with van der Waals surface area (Å²) >= 11 is 0. The Balaban J connectivity index is 1.54. The minimum Gasteiger partial charge on any atom is -0.341 e. The van der Waals surface area contributed by atoms with Gasteiger partial charge < -0.3 is 15.5 Å². The molecule has 0 saturated carbocycles. The summed E-state index contributed by atoms with van der Waals surface area (Å²) in [6, 6.07) is 8.16. The molecule has 124 valence electrons. The number of fused-ring (bicyclic) bond motifs is 1. The summed E-state index contributed by atoms with van der Waals surface area (Å²) in [7, 11) is 0. The highest BCUT2D eigenvalue weighted by atomic mass is 16.2. The van der Waals surface area contributed by atoms with Crippen molar-refractivity contribution >= 4 is 17.5 Å². The fraction of sp³-hybridized carbons (Fsp3) is 0.556. The van der Waals surface area contributed by atoms with Gasteiger partial charge in [0.1, 0.15) is 0 Å². The third-order valence-electron chi connectivity index (χ3n) is 4.77. The molecule has 0 unspecified atom stereocenters. The van der Waals surface area contributed by atoms with Crippen molar-refractivity contribution in [2.45, 2.75) is 44.6 Å². The fourth-order valence-electron chi connectivity index (χ4n) is 3.52. The highest BCUT2D eigenvalue weighted by molar-refractivity contribution is 5.96. The van der Waals surface area contributed by atoms with Crippen LogP contribution >= 0.6 is 0 Å². The molecule has 2 N–H and O–H groups in total. The Morgan fingerprint density at radius 2 is 2.09 bits per heavy atom. The van der Waals surface area contributed by atoms with Crippen molar-refractivity contribution in [1.29, 1.82) is 0 Å². The summed E-state index contributed by atoms with van der Waals surface area (Å²) in [4.78, 5) is 28.2. The molecule has 0 spiro atoms. The van der Waals surface area contributed by atoms with Crippen LogP contribution < -0.4 is 10.6 Å². The van der Waals surface area contributed by atoms with Gasteiger partial charge in [-0.05, 0) is 37.3 Å². The molecular formula is C18H25N3O2. The monoisotopic (exact) mass is 315 g/mol. The molecule has 0 aromatic heterocycles. The van der Waals surface area contributed by atoms with Crippen LogP contribution in [0.4, 0.5) is 5.69 Å². The maximum absolute atomic E-state index is 12.3. The molecule has 0 radical (unpaired) electrons. The molecule has 5 nitrogen and oxygen atoms in total. The second-order valence-electron chi connectivity index (χ2n) is 6.52. The Morgan fingerprint density at radius 1 is 1.26 bits per heavy atom. The number of hydrogen-bond acceptors (Lipinski definition) is 3. The lowest BCUT2D eigenvalue weighted by molar-refractivity contribution is -0.132. The quantitative estimate of drug-likeness (QED) is 0.919. The van der Waals surface area contributed by atoms with E-state index in [-0.39, 0.29) is 17.9 Å². The molecule has 2 heterocycles. The molecule has 1 aromatic carbocycles. The van der Waals surface area contributed by atoms with Crippen LogP contribution in [-0.2, 0) is 16.0 Å². The van der Waals surface area contributed by atoms with Crippen LogP contribution in [0.1, 0.15) is 37.7 Å². The van der Waals surface area contributed by atoms with Crippen LogP contribution in [0, 0.1) is 0 Å². The predicted molar refractivity (Wildman–Crippen MR) is 90.1 cm³/mol. The van der Waals surface area contributed by atoms with Crippen LogP contribution in [0.25, 0.3) is 0 Å². The van der Waals surface area contributed by atoms with Gasteiger partial charge >= 0.3 is 0 Å². The summed E-state index contributed by atoms with van der Waals surface area (Å²) in [5, 5.41) is 0. The molecule has 1 fully saturated rings. The lowest BCUT2D eigenvalue weighted by atomic mass is 10.0. The highest BCUT2D eigenvalue weighted by Gasteiger charge is 2.24. The second-order valence-corrected chi connectivity index (χ2v) is 6.52. The average Bonchev–Trinajstić information content (AvgIpc) is 2.56. The van der Waals surface area contributed by atoms with E-state index in [1.807, 2.05) is 28.0 Å². The molecule has 1 atom stereocenters. The van der Waals surface area contributed by atoms with Crippen molar-refractivity contribution in [3.63, 3.8) is 0 Å². The minimum atomic E-state index is 0.114. The molecule has 5 heteroatoms. The second kappa shape index (κ2) is 7.13. The molecule has 2 aliphatic heterocycles. The molecule has 1 saturated heterocycles. The van der Waals surface area contributed by atoms with Crippen molar-refractivity contribution in [3.8, 4) is 0 Å². The lowest BCUT2D eigenvalue weighted by Crippen LogP contribution is -2.45. The van der Waals surface area contributed by atoms with Gasteiger partial charge in [-0.2, -0.15) is 0 Å². The van der Waals surface area contributed by atoms with Crippen molar-refractivity contribution in [1.82, 2.24) is 4.90 Å². The van der Waals surface area contributed by atoms with Crippen molar-refractivity contribution in [2.24, 2.45) is 5.73 Å². The zero-order chi connectivity index (χ0) is 16.2. The van der Waals surface area contributed by atoms with Gasteiger partial charge in [-0.1, -0.05) is 18.2 Å². The number of nitrogens with two attached hydrogens (primary N) is 1. The summed E-state index contributed by atoms with van der Waals surface area (Å²) in [5.74, 6) is 0.328. The van der Waals surface area contributed by atoms with Gasteiger partial charge in [0.2, 0.25) is 11.8 Å². The first-order chi connectivity index (χ1) is 11.1. The summed E-state index contributed by atoms with van der Waals surface area (Å²) < 4.78 is 0. The van der Waals surface area contributed by atoms with Crippen LogP contribution in [0.15, 0.2) is 24.3 Å². The summed E-state index contributed by atoms with van der Waals surface area (Å²) in [6.07, 6.45) is 4.55. The normalized spacial score (nSPS) is 21.3. The van der Waals surface area contributed by atoms with Crippen LogP contribution in [-0.4, -0.2) is 42.4 Å². The number of carbonyl (C=O) groups excluding carboxylic acids is 2. The number of piperidine rings is 1. The van der Waals surface area contributed by atoms with E-state index in [0.29, 0.717) is 32.4 Å². The highest BCUT2D eigenvalue weighted by Crippen LogP contribution is 2.27. The van der Waals surface area contributed by atoms with Gasteiger partial charge in [0.15, 0.2) is 0 Å². The Hall–Kier alpha value is -1.88. The zero-order valence-corrected chi connectivity index (χ0v) is 13.5. The smallest absolute Gasteiger partial charge is 0.227 e. The molecule has 1 aromatic rings. The van der Waals surface area contributed by atoms with Crippen molar-refractivity contribution in [3.05, 3.63) is 29.8 Å². The van der Waals surface area contributed by atoms with Crippen molar-refractivity contribution in [2.75, 3.05) is 24.5 Å². The number of anilines is 1. The Labute approximate surface area is 137 Å². The van der Waals surface area contributed by atoms with Gasteiger partial charge in [-0.25, -0.2) is 0 Å². The maximum atomic E-state index is 12.3. The first-order valence-electron chi connectivity index (χ1n) is 8.57.